The molecule has 3 rings (SSSR count). The molecule has 122 valence electrons. The molecule has 4 nitrogen and oxygen atoms in total. The molecule has 0 aromatic rings. The lowest BCUT2D eigenvalue weighted by molar-refractivity contribution is -0.139. The summed E-state index contributed by atoms with van der Waals surface area (Å²) in [5.74, 6) is 1.29. The molecule has 2 saturated heterocycles. The number of piperidine rings is 1. The zero-order valence-electron chi connectivity index (χ0n) is 13.4. The van der Waals surface area contributed by atoms with Gasteiger partial charge in [-0.2, -0.15) is 0 Å². The van der Waals surface area contributed by atoms with Crippen molar-refractivity contribution < 1.29 is 4.79 Å². The number of hydrogen-bond acceptors (Lipinski definition) is 3. The van der Waals surface area contributed by atoms with Gasteiger partial charge in [-0.05, 0) is 43.6 Å². The standard InChI is InChI=1S/C16H29N3O.ClH/c1-16(2)6-3-7-17-14(16)15(20)19-10-8-18(9-11-19)12-13-4-5-13;/h13-14,17H,3-12H2,1-2H3;1H. The zero-order chi connectivity index (χ0) is 14.2. The van der Waals surface area contributed by atoms with Crippen molar-refractivity contribution >= 4 is 18.3 Å². The number of nitrogens with zero attached hydrogens (tertiary/aromatic N) is 2. The van der Waals surface area contributed by atoms with Crippen LogP contribution in [-0.4, -0.2) is 61.0 Å². The van der Waals surface area contributed by atoms with E-state index in [1.54, 1.807) is 0 Å². The number of piperazine rings is 1. The Balaban J connectivity index is 0.00000161. The van der Waals surface area contributed by atoms with E-state index < -0.39 is 0 Å². The smallest absolute Gasteiger partial charge is 0.240 e. The highest BCUT2D eigenvalue weighted by atomic mass is 35.5. The Bertz CT molecular complexity index is 363. The summed E-state index contributed by atoms with van der Waals surface area (Å²) in [4.78, 5) is 17.4. The van der Waals surface area contributed by atoms with E-state index in [9.17, 15) is 4.79 Å². The van der Waals surface area contributed by atoms with Crippen LogP contribution >= 0.6 is 12.4 Å². The summed E-state index contributed by atoms with van der Waals surface area (Å²) in [7, 11) is 0. The van der Waals surface area contributed by atoms with Crippen LogP contribution < -0.4 is 5.32 Å². The van der Waals surface area contributed by atoms with Gasteiger partial charge in [-0.3, -0.25) is 9.69 Å². The van der Waals surface area contributed by atoms with E-state index in [0.717, 1.165) is 45.1 Å². The van der Waals surface area contributed by atoms with Gasteiger partial charge < -0.3 is 10.2 Å². The van der Waals surface area contributed by atoms with Crippen LogP contribution in [0.3, 0.4) is 0 Å². The molecule has 2 heterocycles. The SMILES string of the molecule is CC1(C)CCCNC1C(=O)N1CCN(CC2CC2)CC1.Cl. The molecule has 1 aliphatic carbocycles. The summed E-state index contributed by atoms with van der Waals surface area (Å²) >= 11 is 0. The van der Waals surface area contributed by atoms with Crippen LogP contribution in [0, 0.1) is 11.3 Å². The van der Waals surface area contributed by atoms with Gasteiger partial charge in [0.05, 0.1) is 6.04 Å². The van der Waals surface area contributed by atoms with Gasteiger partial charge >= 0.3 is 0 Å². The van der Waals surface area contributed by atoms with Crippen molar-refractivity contribution in [2.45, 2.75) is 45.6 Å². The second-order valence-corrected chi connectivity index (χ2v) is 7.55. The molecule has 1 unspecified atom stereocenters. The number of carbonyl (C=O) groups excluding carboxylic acids is 1. The van der Waals surface area contributed by atoms with Crippen molar-refractivity contribution in [3.63, 3.8) is 0 Å². The van der Waals surface area contributed by atoms with E-state index in [1.165, 1.54) is 25.8 Å². The molecule has 0 spiro atoms. The molecule has 1 N–H and O–H groups in total. The molecular formula is C16H30ClN3O. The van der Waals surface area contributed by atoms with Crippen LogP contribution in [0.15, 0.2) is 0 Å². The summed E-state index contributed by atoms with van der Waals surface area (Å²) in [5, 5.41) is 3.46. The number of nitrogens with one attached hydrogen (secondary N) is 1. The number of halogens is 1. The third-order valence-corrected chi connectivity index (χ3v) is 5.27. The van der Waals surface area contributed by atoms with E-state index in [-0.39, 0.29) is 23.9 Å². The minimum Gasteiger partial charge on any atom is -0.339 e. The first-order valence-electron chi connectivity index (χ1n) is 8.31. The van der Waals surface area contributed by atoms with Crippen LogP contribution in [-0.2, 0) is 4.79 Å². The van der Waals surface area contributed by atoms with Crippen molar-refractivity contribution in [3.8, 4) is 0 Å². The van der Waals surface area contributed by atoms with E-state index >= 15 is 0 Å². The minimum atomic E-state index is 0. The Morgan fingerprint density at radius 1 is 1.19 bits per heavy atom. The molecule has 21 heavy (non-hydrogen) atoms. The maximum Gasteiger partial charge on any atom is 0.240 e. The molecular weight excluding hydrogens is 286 g/mol. The predicted molar refractivity (Wildman–Crippen MR) is 87.8 cm³/mol. The maximum absolute atomic E-state index is 12.8. The fraction of sp³-hybridized carbons (Fsp3) is 0.938. The van der Waals surface area contributed by atoms with Crippen LogP contribution in [0.2, 0.25) is 0 Å². The molecule has 3 fully saturated rings. The lowest BCUT2D eigenvalue weighted by atomic mass is 9.77. The zero-order valence-corrected chi connectivity index (χ0v) is 14.3. The molecule has 0 aromatic carbocycles. The molecule has 0 radical (unpaired) electrons. The van der Waals surface area contributed by atoms with Crippen molar-refractivity contribution in [1.29, 1.82) is 0 Å². The molecule has 1 atom stereocenters. The average molecular weight is 316 g/mol. The Hall–Kier alpha value is -0.320. The molecule has 1 saturated carbocycles. The van der Waals surface area contributed by atoms with Crippen LogP contribution in [0.1, 0.15) is 39.5 Å². The molecule has 1 amide bonds. The van der Waals surface area contributed by atoms with E-state index in [1.807, 2.05) is 0 Å². The van der Waals surface area contributed by atoms with Gasteiger partial charge in [0.2, 0.25) is 5.91 Å². The number of hydrogen-bond donors (Lipinski definition) is 1. The quantitative estimate of drug-likeness (QED) is 0.862. The van der Waals surface area contributed by atoms with Crippen molar-refractivity contribution in [3.05, 3.63) is 0 Å². The Kier molecular flexibility index (Phi) is 5.55. The first-order valence-corrected chi connectivity index (χ1v) is 8.31. The molecule has 0 aromatic heterocycles. The predicted octanol–water partition coefficient (Wildman–Crippen LogP) is 1.74. The van der Waals surface area contributed by atoms with Gasteiger partial charge in [-0.1, -0.05) is 13.8 Å². The van der Waals surface area contributed by atoms with Crippen LogP contribution in [0.4, 0.5) is 0 Å². The van der Waals surface area contributed by atoms with E-state index in [0.29, 0.717) is 5.91 Å². The van der Waals surface area contributed by atoms with Crippen LogP contribution in [0.25, 0.3) is 0 Å². The average Bonchev–Trinajstić information content (AvgIpc) is 3.22. The van der Waals surface area contributed by atoms with Crippen molar-refractivity contribution in [1.82, 2.24) is 15.1 Å². The topological polar surface area (TPSA) is 35.6 Å². The highest BCUT2D eigenvalue weighted by molar-refractivity contribution is 5.85. The van der Waals surface area contributed by atoms with Crippen molar-refractivity contribution in [2.24, 2.45) is 11.3 Å². The fourth-order valence-corrected chi connectivity index (χ4v) is 3.63. The second-order valence-electron chi connectivity index (χ2n) is 7.55. The van der Waals surface area contributed by atoms with Gasteiger partial charge in [0.1, 0.15) is 0 Å². The lowest BCUT2D eigenvalue weighted by Crippen LogP contribution is -2.59. The monoisotopic (exact) mass is 315 g/mol. The third-order valence-electron chi connectivity index (χ3n) is 5.27. The van der Waals surface area contributed by atoms with E-state index in [2.05, 4.69) is 29.0 Å². The summed E-state index contributed by atoms with van der Waals surface area (Å²) in [6.07, 6.45) is 5.17. The summed E-state index contributed by atoms with van der Waals surface area (Å²) in [6.45, 7) is 10.7. The second kappa shape index (κ2) is 6.84. The van der Waals surface area contributed by atoms with Crippen LogP contribution in [0.5, 0.6) is 0 Å². The first kappa shape index (κ1) is 17.0. The number of carbonyl (C=O) groups is 1. The van der Waals surface area contributed by atoms with Gasteiger partial charge in [0, 0.05) is 32.7 Å². The first-order chi connectivity index (χ1) is 9.56. The summed E-state index contributed by atoms with van der Waals surface area (Å²) < 4.78 is 0. The van der Waals surface area contributed by atoms with Gasteiger partial charge in [0.25, 0.3) is 0 Å². The minimum absolute atomic E-state index is 0. The number of amides is 1. The van der Waals surface area contributed by atoms with Gasteiger partial charge in [0.15, 0.2) is 0 Å². The Morgan fingerprint density at radius 2 is 1.86 bits per heavy atom. The van der Waals surface area contributed by atoms with E-state index in [4.69, 9.17) is 0 Å². The molecule has 5 heteroatoms. The van der Waals surface area contributed by atoms with Crippen molar-refractivity contribution in [2.75, 3.05) is 39.3 Å². The molecule has 2 aliphatic heterocycles. The Morgan fingerprint density at radius 3 is 2.43 bits per heavy atom. The highest BCUT2D eigenvalue weighted by Gasteiger charge is 2.40. The maximum atomic E-state index is 12.8. The van der Waals surface area contributed by atoms with Gasteiger partial charge in [-0.15, -0.1) is 12.4 Å². The summed E-state index contributed by atoms with van der Waals surface area (Å²) in [5.41, 5.74) is 0.0977. The highest BCUT2D eigenvalue weighted by Crippen LogP contribution is 2.32. The molecule has 3 aliphatic rings. The number of rotatable bonds is 3. The molecule has 0 bridgehead atoms. The van der Waals surface area contributed by atoms with Gasteiger partial charge in [-0.25, -0.2) is 0 Å². The lowest BCUT2D eigenvalue weighted by Gasteiger charge is -2.43. The third kappa shape index (κ3) is 4.11. The largest absolute Gasteiger partial charge is 0.339 e. The fourth-order valence-electron chi connectivity index (χ4n) is 3.63. The summed E-state index contributed by atoms with van der Waals surface area (Å²) in [6, 6.07) is 0.0197. The Labute approximate surface area is 135 Å². The normalized spacial score (nSPS) is 29.8.